The molecule has 0 radical (unpaired) electrons. The van der Waals surface area contributed by atoms with Gasteiger partial charge in [-0.2, -0.15) is 9.61 Å². The highest BCUT2D eigenvalue weighted by molar-refractivity contribution is 6.00. The summed E-state index contributed by atoms with van der Waals surface area (Å²) < 4.78 is 41.9. The van der Waals surface area contributed by atoms with Crippen LogP contribution in [-0.2, 0) is 4.74 Å². The fraction of sp³-hybridized carbons (Fsp3) is 0.478. The van der Waals surface area contributed by atoms with Crippen molar-refractivity contribution >= 4 is 28.9 Å². The molecule has 3 aromatic heterocycles. The lowest BCUT2D eigenvalue weighted by molar-refractivity contribution is -0.102. The number of hydrogen-bond donors (Lipinski definition) is 3. The Hall–Kier alpha value is -3.74. The van der Waals surface area contributed by atoms with Crippen LogP contribution in [0.15, 0.2) is 29.3 Å². The van der Waals surface area contributed by atoms with E-state index in [-0.39, 0.29) is 41.5 Å². The molecule has 2 saturated carbocycles. The summed E-state index contributed by atoms with van der Waals surface area (Å²) in [4.78, 5) is 30.7. The van der Waals surface area contributed by atoms with Gasteiger partial charge in [0.25, 0.3) is 17.4 Å². The van der Waals surface area contributed by atoms with Crippen LogP contribution in [0.5, 0.6) is 5.75 Å². The van der Waals surface area contributed by atoms with E-state index >= 15 is 0 Å². The second-order valence-corrected chi connectivity index (χ2v) is 9.65. The van der Waals surface area contributed by atoms with E-state index in [1.54, 1.807) is 22.9 Å². The fourth-order valence-corrected chi connectivity index (χ4v) is 5.35. The third kappa shape index (κ3) is 3.18. The summed E-state index contributed by atoms with van der Waals surface area (Å²) in [7, 11) is 0. The number of nitrogens with zero attached hydrogens (tertiary/aromatic N) is 4. The Labute approximate surface area is 202 Å². The van der Waals surface area contributed by atoms with E-state index in [2.05, 4.69) is 26.0 Å². The number of amides is 1. The molecule has 2 aliphatic carbocycles. The molecule has 36 heavy (non-hydrogen) atoms. The van der Waals surface area contributed by atoms with Crippen LogP contribution in [0.4, 0.5) is 26.1 Å². The zero-order valence-electron chi connectivity index (χ0n) is 19.0. The van der Waals surface area contributed by atoms with Crippen LogP contribution >= 0.6 is 0 Å². The number of rotatable bonds is 5. The normalized spacial score (nSPS) is 27.3. The molecule has 7 rings (SSSR count). The van der Waals surface area contributed by atoms with E-state index in [1.165, 1.54) is 10.7 Å². The lowest BCUT2D eigenvalue weighted by atomic mass is 9.88. The maximum Gasteiger partial charge on any atom is 0.274 e. The number of hydrogen-bond acceptors (Lipinski definition) is 8. The van der Waals surface area contributed by atoms with Crippen LogP contribution in [0, 0.1) is 11.8 Å². The molecule has 3 fully saturated rings. The van der Waals surface area contributed by atoms with Crippen molar-refractivity contribution in [2.45, 2.75) is 30.8 Å². The first-order valence-corrected chi connectivity index (χ1v) is 12.0. The first-order chi connectivity index (χ1) is 17.4. The molecule has 0 aromatic carbocycles. The molecule has 3 aromatic rings. The van der Waals surface area contributed by atoms with Crippen molar-refractivity contribution in [1.29, 1.82) is 0 Å². The molecule has 3 N–H and O–H groups in total. The maximum absolute atomic E-state index is 13.7. The smallest absolute Gasteiger partial charge is 0.274 e. The van der Waals surface area contributed by atoms with Crippen LogP contribution in [0.3, 0.4) is 0 Å². The van der Waals surface area contributed by atoms with Crippen LogP contribution < -0.4 is 26.2 Å². The molecule has 188 valence electrons. The van der Waals surface area contributed by atoms with Crippen LogP contribution in [0.25, 0.3) is 5.65 Å². The molecule has 1 saturated heterocycles. The minimum absolute atomic E-state index is 0.0483. The fourth-order valence-electron chi connectivity index (χ4n) is 5.35. The van der Waals surface area contributed by atoms with Gasteiger partial charge in [0.2, 0.25) is 5.75 Å². The van der Waals surface area contributed by atoms with Gasteiger partial charge in [-0.25, -0.2) is 13.8 Å². The third-order valence-electron chi connectivity index (χ3n) is 7.53. The number of alkyl halides is 2. The first-order valence-electron chi connectivity index (χ1n) is 12.0. The minimum atomic E-state index is -2.92. The maximum atomic E-state index is 13.7. The number of aromatic nitrogens is 4. The molecule has 1 unspecified atom stereocenters. The minimum Gasteiger partial charge on any atom is -0.485 e. The summed E-state index contributed by atoms with van der Waals surface area (Å²) in [5.41, 5.74) is 0.303. The van der Waals surface area contributed by atoms with E-state index in [0.29, 0.717) is 55.5 Å². The molecular formula is C23H23F2N7O4. The molecule has 2 aliphatic heterocycles. The highest BCUT2D eigenvalue weighted by Crippen LogP contribution is 2.53. The van der Waals surface area contributed by atoms with E-state index in [4.69, 9.17) is 9.47 Å². The highest BCUT2D eigenvalue weighted by atomic mass is 19.3. The van der Waals surface area contributed by atoms with Crippen LogP contribution in [-0.4, -0.2) is 63.4 Å². The average Bonchev–Trinajstić information content (AvgIpc) is 3.20. The Kier molecular flexibility index (Phi) is 4.56. The van der Waals surface area contributed by atoms with Gasteiger partial charge >= 0.3 is 0 Å². The molecule has 13 heteroatoms. The number of nitrogens with one attached hydrogen (secondary N) is 3. The van der Waals surface area contributed by atoms with Gasteiger partial charge in [0, 0.05) is 30.5 Å². The number of halogens is 2. The summed E-state index contributed by atoms with van der Waals surface area (Å²) in [6.45, 7) is 2.17. The van der Waals surface area contributed by atoms with Crippen molar-refractivity contribution in [2.24, 2.45) is 11.8 Å². The van der Waals surface area contributed by atoms with Gasteiger partial charge in [0.1, 0.15) is 17.9 Å². The summed E-state index contributed by atoms with van der Waals surface area (Å²) in [5.74, 6) is -1.89. The monoisotopic (exact) mass is 499 g/mol. The Morgan fingerprint density at radius 3 is 2.86 bits per heavy atom. The highest BCUT2D eigenvalue weighted by Gasteiger charge is 2.55. The summed E-state index contributed by atoms with van der Waals surface area (Å²) in [6.07, 6.45) is 3.02. The van der Waals surface area contributed by atoms with Gasteiger partial charge in [-0.3, -0.25) is 9.59 Å². The number of fused-ring (bicyclic) bond motifs is 4. The van der Waals surface area contributed by atoms with E-state index in [9.17, 15) is 18.4 Å². The number of pyridine rings is 1. The zero-order chi connectivity index (χ0) is 24.6. The van der Waals surface area contributed by atoms with Crippen molar-refractivity contribution in [3.05, 3.63) is 40.4 Å². The quantitative estimate of drug-likeness (QED) is 0.486. The third-order valence-corrected chi connectivity index (χ3v) is 7.53. The van der Waals surface area contributed by atoms with Gasteiger partial charge < -0.3 is 30.0 Å². The topological polar surface area (TPSA) is 124 Å². The van der Waals surface area contributed by atoms with Crippen molar-refractivity contribution < 1.29 is 23.0 Å². The van der Waals surface area contributed by atoms with Gasteiger partial charge in [-0.1, -0.05) is 0 Å². The van der Waals surface area contributed by atoms with E-state index in [0.717, 1.165) is 0 Å². The van der Waals surface area contributed by atoms with E-state index < -0.39 is 17.9 Å². The van der Waals surface area contributed by atoms with Crippen LogP contribution in [0.1, 0.15) is 29.2 Å². The Morgan fingerprint density at radius 1 is 1.28 bits per heavy atom. The van der Waals surface area contributed by atoms with Crippen molar-refractivity contribution in [1.82, 2.24) is 24.5 Å². The van der Waals surface area contributed by atoms with E-state index in [1.807, 2.05) is 0 Å². The Balaban J connectivity index is 1.25. The summed E-state index contributed by atoms with van der Waals surface area (Å²) >= 11 is 0. The van der Waals surface area contributed by atoms with Gasteiger partial charge in [-0.15, -0.1) is 0 Å². The average molecular weight is 499 g/mol. The SMILES string of the molecule is O=C(N[C@H]1CCC1(F)F)c1cnn2c3c(c(Nc4cccn(C5[C@H]6COC[C@@H]56)c4=O)nc12)OCCN3. The van der Waals surface area contributed by atoms with Crippen molar-refractivity contribution in [3.8, 4) is 5.75 Å². The van der Waals surface area contributed by atoms with Gasteiger partial charge in [0.05, 0.1) is 32.0 Å². The number of ether oxygens (including phenoxy) is 2. The van der Waals surface area contributed by atoms with Crippen molar-refractivity contribution in [2.75, 3.05) is 37.0 Å². The standard InChI is InChI=1S/C23H23F2N7O4/c24-23(25)4-3-15(23)29-21(33)11-8-27-32-19(11)30-18(17-20(32)26-5-7-36-17)28-14-2-1-6-31(22(14)34)16-12-9-35-10-13(12)16/h1-2,6,8,12-13,15-16,26H,3-5,7,9-10H2,(H,28,30)(H,29,33)/t12-,13+,15-,16?/m0/s1. The van der Waals surface area contributed by atoms with Gasteiger partial charge in [-0.05, 0) is 18.6 Å². The lowest BCUT2D eigenvalue weighted by Crippen LogP contribution is -2.55. The van der Waals surface area contributed by atoms with Crippen LogP contribution in [0.2, 0.25) is 0 Å². The second-order valence-electron chi connectivity index (χ2n) is 9.65. The lowest BCUT2D eigenvalue weighted by Gasteiger charge is -2.36. The molecule has 5 heterocycles. The van der Waals surface area contributed by atoms with Gasteiger partial charge in [0.15, 0.2) is 17.3 Å². The molecule has 11 nitrogen and oxygen atoms in total. The predicted octanol–water partition coefficient (Wildman–Crippen LogP) is 1.78. The summed E-state index contributed by atoms with van der Waals surface area (Å²) in [5, 5.41) is 12.9. The number of carbonyl (C=O) groups is 1. The predicted molar refractivity (Wildman–Crippen MR) is 123 cm³/mol. The molecule has 0 bridgehead atoms. The number of carbonyl (C=O) groups excluding carboxylic acids is 1. The molecule has 4 aliphatic rings. The first kappa shape index (κ1) is 21.5. The molecule has 0 spiro atoms. The van der Waals surface area contributed by atoms with Crippen molar-refractivity contribution in [3.63, 3.8) is 0 Å². The molecular weight excluding hydrogens is 476 g/mol. The second kappa shape index (κ2) is 7.63. The Bertz CT molecular complexity index is 1440. The Morgan fingerprint density at radius 2 is 2.11 bits per heavy atom. The molecule has 4 atom stereocenters. The molecule has 1 amide bonds. The summed E-state index contributed by atoms with van der Waals surface area (Å²) in [6, 6.07) is 2.35. The largest absolute Gasteiger partial charge is 0.485 e. The number of anilines is 3. The zero-order valence-corrected chi connectivity index (χ0v) is 19.0.